The van der Waals surface area contributed by atoms with Gasteiger partial charge in [-0.1, -0.05) is 12.1 Å². The SMILES string of the molecule is Cn1cc(C#N)cc1C(=O)N1CCCC(c2nc3ccccc3o2)C1. The van der Waals surface area contributed by atoms with Gasteiger partial charge in [-0.25, -0.2) is 4.98 Å². The molecule has 0 spiro atoms. The number of carbonyl (C=O) groups is 1. The average Bonchev–Trinajstić information content (AvgIpc) is 3.24. The molecule has 1 amide bonds. The van der Waals surface area contributed by atoms with Gasteiger partial charge in [0.25, 0.3) is 5.91 Å². The zero-order chi connectivity index (χ0) is 17.4. The summed E-state index contributed by atoms with van der Waals surface area (Å²) in [6.45, 7) is 1.29. The first kappa shape index (κ1) is 15.5. The lowest BCUT2D eigenvalue weighted by Crippen LogP contribution is -2.39. The Morgan fingerprint density at radius 2 is 2.24 bits per heavy atom. The van der Waals surface area contributed by atoms with E-state index in [4.69, 9.17) is 9.68 Å². The molecule has 6 nitrogen and oxygen atoms in total. The number of aryl methyl sites for hydroxylation is 1. The Kier molecular flexibility index (Phi) is 3.77. The lowest BCUT2D eigenvalue weighted by molar-refractivity contribution is 0.0689. The standard InChI is InChI=1S/C19H18N4O2/c1-22-11-13(10-20)9-16(22)19(24)23-8-4-5-14(12-23)18-21-15-6-2-3-7-17(15)25-18/h2-3,6-7,9,11,14H,4-5,8,12H2,1H3. The van der Waals surface area contributed by atoms with E-state index < -0.39 is 0 Å². The first-order chi connectivity index (χ1) is 12.2. The Morgan fingerprint density at radius 3 is 3.00 bits per heavy atom. The highest BCUT2D eigenvalue weighted by atomic mass is 16.3. The number of nitriles is 1. The lowest BCUT2D eigenvalue weighted by Gasteiger charge is -2.31. The van der Waals surface area contributed by atoms with Gasteiger partial charge in [0, 0.05) is 26.3 Å². The van der Waals surface area contributed by atoms with Crippen molar-refractivity contribution in [3.63, 3.8) is 0 Å². The van der Waals surface area contributed by atoms with Gasteiger partial charge >= 0.3 is 0 Å². The van der Waals surface area contributed by atoms with E-state index in [0.29, 0.717) is 30.2 Å². The Balaban J connectivity index is 1.57. The van der Waals surface area contributed by atoms with Crippen LogP contribution in [0.1, 0.15) is 40.7 Å². The van der Waals surface area contributed by atoms with Crippen LogP contribution in [0, 0.1) is 11.3 Å². The van der Waals surface area contributed by atoms with Crippen LogP contribution < -0.4 is 0 Å². The van der Waals surface area contributed by atoms with Gasteiger partial charge in [0.05, 0.1) is 11.5 Å². The van der Waals surface area contributed by atoms with E-state index in [9.17, 15) is 4.79 Å². The molecule has 0 saturated carbocycles. The number of nitrogens with zero attached hydrogens (tertiary/aromatic N) is 4. The molecular weight excluding hydrogens is 316 g/mol. The van der Waals surface area contributed by atoms with Crippen LogP contribution in [-0.4, -0.2) is 33.4 Å². The molecule has 1 unspecified atom stereocenters. The van der Waals surface area contributed by atoms with E-state index in [1.165, 1.54) is 0 Å². The highest BCUT2D eigenvalue weighted by molar-refractivity contribution is 5.93. The van der Waals surface area contributed by atoms with Crippen molar-refractivity contribution < 1.29 is 9.21 Å². The van der Waals surface area contributed by atoms with Crippen LogP contribution in [0.3, 0.4) is 0 Å². The van der Waals surface area contributed by atoms with Gasteiger partial charge in [-0.3, -0.25) is 4.79 Å². The molecule has 0 radical (unpaired) electrons. The predicted molar refractivity (Wildman–Crippen MR) is 92.0 cm³/mol. The van der Waals surface area contributed by atoms with E-state index >= 15 is 0 Å². The predicted octanol–water partition coefficient (Wildman–Crippen LogP) is 3.06. The Hall–Kier alpha value is -3.07. The zero-order valence-corrected chi connectivity index (χ0v) is 14.0. The van der Waals surface area contributed by atoms with Crippen LogP contribution in [0.4, 0.5) is 0 Å². The number of aromatic nitrogens is 2. The molecule has 6 heteroatoms. The van der Waals surface area contributed by atoms with Crippen molar-refractivity contribution in [3.8, 4) is 6.07 Å². The second-order valence-electron chi connectivity index (χ2n) is 6.45. The molecule has 1 aliphatic heterocycles. The maximum Gasteiger partial charge on any atom is 0.270 e. The normalized spacial score (nSPS) is 17.6. The largest absolute Gasteiger partial charge is 0.440 e. The molecule has 4 rings (SSSR count). The van der Waals surface area contributed by atoms with Gasteiger partial charge in [-0.15, -0.1) is 0 Å². The maximum absolute atomic E-state index is 12.8. The van der Waals surface area contributed by atoms with E-state index in [1.807, 2.05) is 29.2 Å². The number of para-hydroxylation sites is 2. The van der Waals surface area contributed by atoms with Crippen LogP contribution >= 0.6 is 0 Å². The summed E-state index contributed by atoms with van der Waals surface area (Å²) >= 11 is 0. The third-order valence-electron chi connectivity index (χ3n) is 4.72. The van der Waals surface area contributed by atoms with E-state index in [0.717, 1.165) is 23.9 Å². The fourth-order valence-corrected chi connectivity index (χ4v) is 3.43. The molecule has 1 aliphatic rings. The first-order valence-corrected chi connectivity index (χ1v) is 8.37. The van der Waals surface area contributed by atoms with Gasteiger partial charge in [0.2, 0.25) is 0 Å². The Labute approximate surface area is 145 Å². The van der Waals surface area contributed by atoms with Crippen LogP contribution in [0.5, 0.6) is 0 Å². The first-order valence-electron chi connectivity index (χ1n) is 8.37. The van der Waals surface area contributed by atoms with Crippen molar-refractivity contribution in [1.29, 1.82) is 5.26 Å². The fourth-order valence-electron chi connectivity index (χ4n) is 3.43. The molecule has 1 saturated heterocycles. The van der Waals surface area contributed by atoms with Gasteiger partial charge in [0.15, 0.2) is 11.5 Å². The molecule has 2 aromatic heterocycles. The van der Waals surface area contributed by atoms with Crippen LogP contribution in [-0.2, 0) is 7.05 Å². The van der Waals surface area contributed by atoms with Crippen molar-refractivity contribution in [2.45, 2.75) is 18.8 Å². The summed E-state index contributed by atoms with van der Waals surface area (Å²) in [5.74, 6) is 0.744. The minimum Gasteiger partial charge on any atom is -0.440 e. The fraction of sp³-hybridized carbons (Fsp3) is 0.316. The third kappa shape index (κ3) is 2.78. The highest BCUT2D eigenvalue weighted by Crippen LogP contribution is 2.29. The summed E-state index contributed by atoms with van der Waals surface area (Å²) in [4.78, 5) is 19.3. The smallest absolute Gasteiger partial charge is 0.270 e. The van der Waals surface area contributed by atoms with E-state index in [1.54, 1.807) is 23.9 Å². The van der Waals surface area contributed by atoms with Crippen molar-refractivity contribution >= 4 is 17.0 Å². The molecule has 3 aromatic rings. The molecule has 1 aromatic carbocycles. The van der Waals surface area contributed by atoms with Gasteiger partial charge in [-0.2, -0.15) is 5.26 Å². The topological polar surface area (TPSA) is 75.1 Å². The molecule has 1 fully saturated rings. The molecular formula is C19H18N4O2. The molecule has 126 valence electrons. The minimum absolute atomic E-state index is 0.0511. The quantitative estimate of drug-likeness (QED) is 0.722. The summed E-state index contributed by atoms with van der Waals surface area (Å²) in [6.07, 6.45) is 3.54. The molecule has 25 heavy (non-hydrogen) atoms. The molecule has 0 bridgehead atoms. The summed E-state index contributed by atoms with van der Waals surface area (Å²) < 4.78 is 7.60. The summed E-state index contributed by atoms with van der Waals surface area (Å²) in [6, 6.07) is 11.4. The number of piperidine rings is 1. The molecule has 1 atom stereocenters. The van der Waals surface area contributed by atoms with Gasteiger partial charge < -0.3 is 13.9 Å². The summed E-state index contributed by atoms with van der Waals surface area (Å²) in [7, 11) is 1.79. The number of benzene rings is 1. The van der Waals surface area contributed by atoms with Crippen LogP contribution in [0.2, 0.25) is 0 Å². The van der Waals surface area contributed by atoms with E-state index in [-0.39, 0.29) is 11.8 Å². The Bertz CT molecular complexity index is 946. The number of oxazole rings is 1. The number of hydrogen-bond acceptors (Lipinski definition) is 4. The van der Waals surface area contributed by atoms with Crippen molar-refractivity contribution in [2.24, 2.45) is 7.05 Å². The van der Waals surface area contributed by atoms with Crippen LogP contribution in [0.25, 0.3) is 11.1 Å². The second-order valence-corrected chi connectivity index (χ2v) is 6.45. The van der Waals surface area contributed by atoms with Gasteiger partial charge in [-0.05, 0) is 31.0 Å². The molecule has 3 heterocycles. The summed E-state index contributed by atoms with van der Waals surface area (Å²) in [5.41, 5.74) is 2.66. The number of hydrogen-bond donors (Lipinski definition) is 0. The third-order valence-corrected chi connectivity index (χ3v) is 4.72. The van der Waals surface area contributed by atoms with E-state index in [2.05, 4.69) is 11.1 Å². The van der Waals surface area contributed by atoms with Crippen molar-refractivity contribution in [1.82, 2.24) is 14.5 Å². The maximum atomic E-state index is 12.8. The number of rotatable bonds is 2. The second kappa shape index (κ2) is 6.10. The number of amides is 1. The number of fused-ring (bicyclic) bond motifs is 1. The lowest BCUT2D eigenvalue weighted by atomic mass is 9.97. The monoisotopic (exact) mass is 334 g/mol. The zero-order valence-electron chi connectivity index (χ0n) is 14.0. The van der Waals surface area contributed by atoms with Crippen molar-refractivity contribution in [2.75, 3.05) is 13.1 Å². The average molecular weight is 334 g/mol. The van der Waals surface area contributed by atoms with Crippen LogP contribution in [0.15, 0.2) is 40.9 Å². The van der Waals surface area contributed by atoms with Crippen molar-refractivity contribution in [3.05, 3.63) is 53.7 Å². The number of likely N-dealkylation sites (tertiary alicyclic amines) is 1. The molecule has 0 aliphatic carbocycles. The minimum atomic E-state index is -0.0511. The summed E-state index contributed by atoms with van der Waals surface area (Å²) in [5, 5.41) is 9.02. The number of carbonyl (C=O) groups excluding carboxylic acids is 1. The Morgan fingerprint density at radius 1 is 1.40 bits per heavy atom. The molecule has 0 N–H and O–H groups in total. The highest BCUT2D eigenvalue weighted by Gasteiger charge is 2.29. The van der Waals surface area contributed by atoms with Gasteiger partial charge in [0.1, 0.15) is 17.3 Å².